The average molecular weight is 210 g/mol. The molecule has 1 aromatic heterocycles. The second-order valence-corrected chi connectivity index (χ2v) is 4.07. The zero-order chi connectivity index (χ0) is 9.97. The van der Waals surface area contributed by atoms with Crippen molar-refractivity contribution in [2.45, 2.75) is 25.7 Å². The highest BCUT2D eigenvalue weighted by Gasteiger charge is 2.17. The quantitative estimate of drug-likeness (QED) is 0.723. The fourth-order valence-corrected chi connectivity index (χ4v) is 2.07. The molecular formula is C10H14N2OS. The highest BCUT2D eigenvalue weighted by molar-refractivity contribution is 7.71. The molecule has 1 aliphatic rings. The molecule has 0 unspecified atom stereocenters. The number of nitrogens with one attached hydrogen (secondary N) is 1. The molecule has 0 aromatic carbocycles. The molecule has 1 aromatic rings. The van der Waals surface area contributed by atoms with E-state index in [1.165, 1.54) is 0 Å². The van der Waals surface area contributed by atoms with Crippen LogP contribution in [0.25, 0.3) is 0 Å². The van der Waals surface area contributed by atoms with Gasteiger partial charge in [0.25, 0.3) is 0 Å². The average Bonchev–Trinajstić information content (AvgIpc) is 2.18. The molecule has 1 fully saturated rings. The monoisotopic (exact) mass is 210 g/mol. The first kappa shape index (κ1) is 9.80. The zero-order valence-electron chi connectivity index (χ0n) is 8.25. The first-order valence-corrected chi connectivity index (χ1v) is 5.32. The lowest BCUT2D eigenvalue weighted by atomic mass is 9.96. The van der Waals surface area contributed by atoms with Gasteiger partial charge in [-0.3, -0.25) is 0 Å². The molecule has 3 nitrogen and oxygen atoms in total. The van der Waals surface area contributed by atoms with Gasteiger partial charge in [-0.2, -0.15) is 0 Å². The molecule has 2 rings (SSSR count). The van der Waals surface area contributed by atoms with Gasteiger partial charge in [-0.05, 0) is 38.0 Å². The second-order valence-electron chi connectivity index (χ2n) is 3.68. The number of rotatable bonds is 1. The van der Waals surface area contributed by atoms with Gasteiger partial charge in [-0.15, -0.1) is 0 Å². The van der Waals surface area contributed by atoms with Crippen molar-refractivity contribution in [1.82, 2.24) is 9.97 Å². The summed E-state index contributed by atoms with van der Waals surface area (Å²) in [6.07, 6.45) is 2.12. The molecular weight excluding hydrogens is 196 g/mol. The summed E-state index contributed by atoms with van der Waals surface area (Å²) in [6.45, 7) is 3.70. The van der Waals surface area contributed by atoms with E-state index in [1.54, 1.807) is 0 Å². The molecule has 0 spiro atoms. The van der Waals surface area contributed by atoms with Crippen molar-refractivity contribution in [2.75, 3.05) is 13.2 Å². The summed E-state index contributed by atoms with van der Waals surface area (Å²) in [5, 5.41) is 0. The third-order valence-electron chi connectivity index (χ3n) is 2.54. The van der Waals surface area contributed by atoms with Crippen molar-refractivity contribution in [2.24, 2.45) is 0 Å². The summed E-state index contributed by atoms with van der Waals surface area (Å²) in [5.74, 6) is 0.527. The van der Waals surface area contributed by atoms with E-state index in [4.69, 9.17) is 17.0 Å². The third-order valence-corrected chi connectivity index (χ3v) is 2.73. The minimum atomic E-state index is 0.527. The molecule has 1 N–H and O–H groups in total. The fourth-order valence-electron chi connectivity index (χ4n) is 1.81. The Bertz CT molecular complexity index is 369. The summed E-state index contributed by atoms with van der Waals surface area (Å²) in [4.78, 5) is 7.38. The predicted molar refractivity (Wildman–Crippen MR) is 57.0 cm³/mol. The van der Waals surface area contributed by atoms with Crippen LogP contribution in [0.2, 0.25) is 0 Å². The molecule has 2 heterocycles. The largest absolute Gasteiger partial charge is 0.381 e. The molecule has 1 aliphatic heterocycles. The number of aryl methyl sites for hydroxylation is 1. The molecule has 1 saturated heterocycles. The minimum Gasteiger partial charge on any atom is -0.381 e. The maximum absolute atomic E-state index is 5.32. The topological polar surface area (TPSA) is 37.9 Å². The highest BCUT2D eigenvalue weighted by atomic mass is 32.1. The first-order valence-electron chi connectivity index (χ1n) is 4.91. The highest BCUT2D eigenvalue weighted by Crippen LogP contribution is 2.25. The van der Waals surface area contributed by atoms with Crippen LogP contribution in [0.3, 0.4) is 0 Å². The van der Waals surface area contributed by atoms with E-state index in [9.17, 15) is 0 Å². The molecule has 0 amide bonds. The van der Waals surface area contributed by atoms with Gasteiger partial charge < -0.3 is 9.72 Å². The van der Waals surface area contributed by atoms with Gasteiger partial charge in [0.1, 0.15) is 0 Å². The molecule has 0 saturated carbocycles. The van der Waals surface area contributed by atoms with Crippen molar-refractivity contribution in [3.05, 3.63) is 22.2 Å². The number of aromatic amines is 1. The summed E-state index contributed by atoms with van der Waals surface area (Å²) in [6, 6.07) is 2.09. The van der Waals surface area contributed by atoms with Crippen LogP contribution in [0.15, 0.2) is 6.07 Å². The third kappa shape index (κ3) is 2.19. The van der Waals surface area contributed by atoms with Crippen LogP contribution >= 0.6 is 12.2 Å². The number of H-pyrrole nitrogens is 1. The van der Waals surface area contributed by atoms with Gasteiger partial charge in [0.2, 0.25) is 0 Å². The van der Waals surface area contributed by atoms with Crippen LogP contribution in [-0.2, 0) is 4.74 Å². The molecule has 0 radical (unpaired) electrons. The number of hydrogen-bond donors (Lipinski definition) is 1. The van der Waals surface area contributed by atoms with Crippen LogP contribution in [0.4, 0.5) is 0 Å². The smallest absolute Gasteiger partial charge is 0.197 e. The Morgan fingerprint density at radius 2 is 2.21 bits per heavy atom. The van der Waals surface area contributed by atoms with E-state index in [1.807, 2.05) is 6.92 Å². The Balaban J connectivity index is 2.26. The Morgan fingerprint density at radius 3 is 2.86 bits per heavy atom. The summed E-state index contributed by atoms with van der Waals surface area (Å²) >= 11 is 5.06. The standard InChI is InChI=1S/C10H14N2OS/c1-7-6-9(12-10(14)11-7)8-2-4-13-5-3-8/h6,8H,2-5H2,1H3,(H,11,12,14). The Labute approximate surface area is 88.5 Å². The number of ether oxygens (including phenoxy) is 1. The van der Waals surface area contributed by atoms with Crippen molar-refractivity contribution in [1.29, 1.82) is 0 Å². The number of aromatic nitrogens is 2. The molecule has 0 atom stereocenters. The van der Waals surface area contributed by atoms with Crippen molar-refractivity contribution >= 4 is 12.2 Å². The van der Waals surface area contributed by atoms with Crippen LogP contribution in [0.1, 0.15) is 30.1 Å². The van der Waals surface area contributed by atoms with Crippen LogP contribution in [-0.4, -0.2) is 23.2 Å². The van der Waals surface area contributed by atoms with Gasteiger partial charge >= 0.3 is 0 Å². The molecule has 76 valence electrons. The summed E-state index contributed by atoms with van der Waals surface area (Å²) in [5.41, 5.74) is 2.21. The maximum atomic E-state index is 5.32. The van der Waals surface area contributed by atoms with Gasteiger partial charge in [0.05, 0.1) is 0 Å². The van der Waals surface area contributed by atoms with Crippen molar-refractivity contribution < 1.29 is 4.74 Å². The Hall–Kier alpha value is -0.740. The maximum Gasteiger partial charge on any atom is 0.197 e. The van der Waals surface area contributed by atoms with E-state index in [0.29, 0.717) is 10.7 Å². The Morgan fingerprint density at radius 1 is 1.50 bits per heavy atom. The Kier molecular flexibility index (Phi) is 2.93. The van der Waals surface area contributed by atoms with Crippen LogP contribution < -0.4 is 0 Å². The second kappa shape index (κ2) is 4.19. The summed E-state index contributed by atoms with van der Waals surface area (Å²) in [7, 11) is 0. The lowest BCUT2D eigenvalue weighted by Crippen LogP contribution is -2.15. The lowest BCUT2D eigenvalue weighted by molar-refractivity contribution is 0.0844. The van der Waals surface area contributed by atoms with Crippen molar-refractivity contribution in [3.8, 4) is 0 Å². The molecule has 4 heteroatoms. The number of nitrogens with zero attached hydrogens (tertiary/aromatic N) is 1. The van der Waals surface area contributed by atoms with Gasteiger partial charge in [-0.1, -0.05) is 0 Å². The van der Waals surface area contributed by atoms with Gasteiger partial charge in [0.15, 0.2) is 4.77 Å². The first-order chi connectivity index (χ1) is 6.75. The van der Waals surface area contributed by atoms with E-state index < -0.39 is 0 Å². The van der Waals surface area contributed by atoms with E-state index in [2.05, 4.69) is 16.0 Å². The number of hydrogen-bond acceptors (Lipinski definition) is 3. The van der Waals surface area contributed by atoms with E-state index >= 15 is 0 Å². The molecule has 0 aliphatic carbocycles. The van der Waals surface area contributed by atoms with Crippen molar-refractivity contribution in [3.63, 3.8) is 0 Å². The summed E-state index contributed by atoms with van der Waals surface area (Å²) < 4.78 is 5.91. The normalized spacial score (nSPS) is 18.4. The van der Waals surface area contributed by atoms with Crippen LogP contribution in [0, 0.1) is 11.7 Å². The molecule has 14 heavy (non-hydrogen) atoms. The van der Waals surface area contributed by atoms with E-state index in [-0.39, 0.29) is 0 Å². The predicted octanol–water partition coefficient (Wildman–Crippen LogP) is 2.34. The van der Waals surface area contributed by atoms with Crippen LogP contribution in [0.5, 0.6) is 0 Å². The van der Waals surface area contributed by atoms with Gasteiger partial charge in [-0.25, -0.2) is 4.98 Å². The SMILES string of the molecule is Cc1cc(C2CCOCC2)nc(=S)[nH]1. The lowest BCUT2D eigenvalue weighted by Gasteiger charge is -2.21. The zero-order valence-corrected chi connectivity index (χ0v) is 9.06. The van der Waals surface area contributed by atoms with Gasteiger partial charge in [0, 0.05) is 30.5 Å². The fraction of sp³-hybridized carbons (Fsp3) is 0.600. The minimum absolute atomic E-state index is 0.527. The van der Waals surface area contributed by atoms with E-state index in [0.717, 1.165) is 37.4 Å². The molecule has 0 bridgehead atoms.